The molecule has 128 valence electrons. The van der Waals surface area contributed by atoms with Crippen LogP contribution >= 0.6 is 0 Å². The molecule has 3 heteroatoms. The van der Waals surface area contributed by atoms with E-state index in [0.29, 0.717) is 0 Å². The smallest absolute Gasteiger partial charge is 0.307 e. The minimum Gasteiger partial charge on any atom is -0.481 e. The Morgan fingerprint density at radius 2 is 1.42 bits per heavy atom. The third-order valence-electron chi connectivity index (χ3n) is 4.70. The molecule has 0 bridgehead atoms. The van der Waals surface area contributed by atoms with Crippen LogP contribution in [-0.2, 0) is 11.2 Å². The van der Waals surface area contributed by atoms with Crippen molar-refractivity contribution in [1.29, 1.82) is 0 Å². The number of hydrogen-bond acceptors (Lipinski definition) is 1. The third kappa shape index (κ3) is 3.00. The molecule has 0 aliphatic carbocycles. The summed E-state index contributed by atoms with van der Waals surface area (Å²) >= 11 is 0. The number of carboxylic acids is 1. The van der Waals surface area contributed by atoms with Gasteiger partial charge in [-0.05, 0) is 28.8 Å². The van der Waals surface area contributed by atoms with E-state index in [0.717, 1.165) is 16.5 Å². The molecule has 0 aliphatic heterocycles. The van der Waals surface area contributed by atoms with Gasteiger partial charge in [0.25, 0.3) is 0 Å². The van der Waals surface area contributed by atoms with Crippen LogP contribution in [0.1, 0.15) is 22.7 Å². The van der Waals surface area contributed by atoms with Gasteiger partial charge >= 0.3 is 5.97 Å². The lowest BCUT2D eigenvalue weighted by Crippen LogP contribution is -2.11. The van der Waals surface area contributed by atoms with Crippen molar-refractivity contribution in [3.8, 4) is 0 Å². The number of nitrogens with zero attached hydrogens (tertiary/aromatic N) is 1. The lowest BCUT2D eigenvalue weighted by molar-refractivity contribution is -0.136. The molecule has 0 fully saturated rings. The maximum absolute atomic E-state index is 11.2. The number of benzene rings is 3. The molecule has 4 rings (SSSR count). The van der Waals surface area contributed by atoms with E-state index < -0.39 is 5.97 Å². The van der Waals surface area contributed by atoms with E-state index in [1.807, 2.05) is 54.6 Å². The van der Waals surface area contributed by atoms with Gasteiger partial charge in [0.2, 0.25) is 0 Å². The Balaban J connectivity index is 1.91. The van der Waals surface area contributed by atoms with Crippen LogP contribution in [0.15, 0.2) is 91.1 Å². The fraction of sp³-hybridized carbons (Fsp3) is 0.0870. The molecule has 3 aromatic carbocycles. The minimum absolute atomic E-state index is 0.0305. The van der Waals surface area contributed by atoms with Gasteiger partial charge in [-0.3, -0.25) is 4.79 Å². The number of fused-ring (bicyclic) bond motifs is 1. The van der Waals surface area contributed by atoms with Crippen molar-refractivity contribution in [1.82, 2.24) is 4.57 Å². The first-order chi connectivity index (χ1) is 12.7. The Bertz CT molecular complexity index is 996. The Kier molecular flexibility index (Phi) is 4.28. The molecule has 0 amide bonds. The molecule has 26 heavy (non-hydrogen) atoms. The molecule has 3 nitrogen and oxygen atoms in total. The highest BCUT2D eigenvalue weighted by Crippen LogP contribution is 2.32. The highest BCUT2D eigenvalue weighted by atomic mass is 16.4. The number of aromatic nitrogens is 1. The van der Waals surface area contributed by atoms with Crippen LogP contribution in [-0.4, -0.2) is 15.6 Å². The van der Waals surface area contributed by atoms with Crippen molar-refractivity contribution in [3.05, 3.63) is 108 Å². The highest BCUT2D eigenvalue weighted by molar-refractivity contribution is 5.87. The highest BCUT2D eigenvalue weighted by Gasteiger charge is 2.18. The summed E-state index contributed by atoms with van der Waals surface area (Å²) in [6.07, 6.45) is 2.09. The summed E-state index contributed by atoms with van der Waals surface area (Å²) in [4.78, 5) is 11.2. The second-order valence-corrected chi connectivity index (χ2v) is 6.37. The van der Waals surface area contributed by atoms with Crippen LogP contribution in [0.25, 0.3) is 10.9 Å². The molecule has 0 saturated heterocycles. The Labute approximate surface area is 152 Å². The third-order valence-corrected chi connectivity index (χ3v) is 4.70. The lowest BCUT2D eigenvalue weighted by Gasteiger charge is -2.21. The van der Waals surface area contributed by atoms with Gasteiger partial charge in [-0.25, -0.2) is 0 Å². The topological polar surface area (TPSA) is 42.2 Å². The summed E-state index contributed by atoms with van der Waals surface area (Å²) in [6.45, 7) is 0. The lowest BCUT2D eigenvalue weighted by atomic mass is 9.98. The summed E-state index contributed by atoms with van der Waals surface area (Å²) in [5, 5.41) is 10.2. The average Bonchev–Trinajstić information content (AvgIpc) is 3.08. The normalized spacial score (nSPS) is 11.1. The number of hydrogen-bond donors (Lipinski definition) is 1. The summed E-state index contributed by atoms with van der Waals surface area (Å²) in [7, 11) is 0. The molecule has 0 aliphatic rings. The summed E-state index contributed by atoms with van der Waals surface area (Å²) in [5.41, 5.74) is 4.27. The van der Waals surface area contributed by atoms with Gasteiger partial charge in [0.15, 0.2) is 0 Å². The summed E-state index contributed by atoms with van der Waals surface area (Å²) in [5.74, 6) is -0.812. The maximum atomic E-state index is 11.2. The first kappa shape index (κ1) is 16.2. The van der Waals surface area contributed by atoms with E-state index >= 15 is 0 Å². The van der Waals surface area contributed by atoms with Crippen molar-refractivity contribution in [2.45, 2.75) is 12.5 Å². The first-order valence-corrected chi connectivity index (χ1v) is 8.64. The molecule has 0 atom stereocenters. The molecule has 4 aromatic rings. The molecule has 0 saturated carbocycles. The van der Waals surface area contributed by atoms with Crippen LogP contribution < -0.4 is 0 Å². The van der Waals surface area contributed by atoms with Crippen molar-refractivity contribution < 1.29 is 9.90 Å². The molecule has 0 unspecified atom stereocenters. The molecule has 1 N–H and O–H groups in total. The van der Waals surface area contributed by atoms with Crippen LogP contribution in [0.5, 0.6) is 0 Å². The van der Waals surface area contributed by atoms with E-state index in [4.69, 9.17) is 0 Å². The predicted molar refractivity (Wildman–Crippen MR) is 103 cm³/mol. The van der Waals surface area contributed by atoms with Crippen LogP contribution in [0.4, 0.5) is 0 Å². The fourth-order valence-electron chi connectivity index (χ4n) is 3.58. The second kappa shape index (κ2) is 6.89. The Hall–Kier alpha value is -3.33. The minimum atomic E-state index is -0.812. The largest absolute Gasteiger partial charge is 0.481 e. The van der Waals surface area contributed by atoms with Gasteiger partial charge in [-0.15, -0.1) is 0 Å². The van der Waals surface area contributed by atoms with Crippen molar-refractivity contribution in [3.63, 3.8) is 0 Å². The predicted octanol–water partition coefficient (Wildman–Crippen LogP) is 4.91. The van der Waals surface area contributed by atoms with E-state index in [-0.39, 0.29) is 12.5 Å². The number of carbonyl (C=O) groups is 1. The molecular weight excluding hydrogens is 322 g/mol. The molecular formula is C23H19NO2. The molecule has 1 heterocycles. The average molecular weight is 341 g/mol. The zero-order valence-electron chi connectivity index (χ0n) is 14.2. The SMILES string of the molecule is O=C(O)Cc1cccc2c1ccn2C(c1ccccc1)c1ccccc1. The quantitative estimate of drug-likeness (QED) is 0.561. The van der Waals surface area contributed by atoms with Gasteiger partial charge < -0.3 is 9.67 Å². The first-order valence-electron chi connectivity index (χ1n) is 8.64. The summed E-state index contributed by atoms with van der Waals surface area (Å²) < 4.78 is 2.23. The van der Waals surface area contributed by atoms with Gasteiger partial charge in [-0.1, -0.05) is 72.8 Å². The maximum Gasteiger partial charge on any atom is 0.307 e. The zero-order valence-corrected chi connectivity index (χ0v) is 14.2. The number of aliphatic carboxylic acids is 1. The van der Waals surface area contributed by atoms with Crippen molar-refractivity contribution >= 4 is 16.9 Å². The molecule has 1 aromatic heterocycles. The Morgan fingerprint density at radius 1 is 0.808 bits per heavy atom. The zero-order chi connectivity index (χ0) is 17.9. The standard InChI is InChI=1S/C23H19NO2/c25-22(26)16-19-12-7-13-21-20(19)14-15-24(21)23(17-8-3-1-4-9-17)18-10-5-2-6-11-18/h1-15,23H,16H2,(H,25,26). The van der Waals surface area contributed by atoms with Crippen LogP contribution in [0.2, 0.25) is 0 Å². The fourth-order valence-corrected chi connectivity index (χ4v) is 3.58. The van der Waals surface area contributed by atoms with Gasteiger partial charge in [-0.2, -0.15) is 0 Å². The number of carboxylic acid groups (broad SMARTS) is 1. The van der Waals surface area contributed by atoms with E-state index in [1.54, 1.807) is 0 Å². The summed E-state index contributed by atoms with van der Waals surface area (Å²) in [6, 6.07) is 28.7. The monoisotopic (exact) mass is 341 g/mol. The second-order valence-electron chi connectivity index (χ2n) is 6.37. The Morgan fingerprint density at radius 3 is 2.00 bits per heavy atom. The van der Waals surface area contributed by atoms with Crippen molar-refractivity contribution in [2.24, 2.45) is 0 Å². The van der Waals surface area contributed by atoms with Gasteiger partial charge in [0.05, 0.1) is 12.5 Å². The van der Waals surface area contributed by atoms with E-state index in [2.05, 4.69) is 41.1 Å². The van der Waals surface area contributed by atoms with Gasteiger partial charge in [0.1, 0.15) is 0 Å². The number of rotatable bonds is 5. The van der Waals surface area contributed by atoms with Gasteiger partial charge in [0, 0.05) is 17.1 Å². The van der Waals surface area contributed by atoms with E-state index in [1.165, 1.54) is 11.1 Å². The molecule has 0 radical (unpaired) electrons. The molecule has 0 spiro atoms. The van der Waals surface area contributed by atoms with Crippen molar-refractivity contribution in [2.75, 3.05) is 0 Å². The van der Waals surface area contributed by atoms with E-state index in [9.17, 15) is 9.90 Å². The van der Waals surface area contributed by atoms with Crippen LogP contribution in [0, 0.1) is 0 Å². The van der Waals surface area contributed by atoms with Crippen LogP contribution in [0.3, 0.4) is 0 Å².